The van der Waals surface area contributed by atoms with Gasteiger partial charge in [0.1, 0.15) is 5.75 Å². The van der Waals surface area contributed by atoms with E-state index in [2.05, 4.69) is 18.6 Å². The van der Waals surface area contributed by atoms with Gasteiger partial charge in [-0.15, -0.1) is 0 Å². The lowest BCUT2D eigenvalue weighted by Gasteiger charge is -1.97. The molecule has 0 atom stereocenters. The van der Waals surface area contributed by atoms with Crippen molar-refractivity contribution in [1.29, 1.82) is 0 Å². The van der Waals surface area contributed by atoms with Crippen LogP contribution in [0, 0.1) is 0 Å². The van der Waals surface area contributed by atoms with Crippen molar-refractivity contribution >= 4 is 5.97 Å². The van der Waals surface area contributed by atoms with Gasteiger partial charge in [0.25, 0.3) is 0 Å². The molecule has 15 heavy (non-hydrogen) atoms. The van der Waals surface area contributed by atoms with Crippen LogP contribution < -0.4 is 0 Å². The highest BCUT2D eigenvalue weighted by molar-refractivity contribution is 5.89. The van der Waals surface area contributed by atoms with Gasteiger partial charge in [0.2, 0.25) is 0 Å². The summed E-state index contributed by atoms with van der Waals surface area (Å²) in [6.45, 7) is 4.36. The maximum absolute atomic E-state index is 10.8. The first-order valence-electron chi connectivity index (χ1n) is 5.03. The molecule has 0 aliphatic rings. The molecule has 1 N–H and O–H groups in total. The van der Waals surface area contributed by atoms with Gasteiger partial charge < -0.3 is 9.84 Å². The maximum atomic E-state index is 10.8. The van der Waals surface area contributed by atoms with Crippen LogP contribution in [0.15, 0.2) is 24.3 Å². The fourth-order valence-corrected chi connectivity index (χ4v) is 0.715. The number of methoxy groups -OCH3 is 1. The highest BCUT2D eigenvalue weighted by Crippen LogP contribution is 2.09. The molecule has 0 radical (unpaired) electrons. The lowest BCUT2D eigenvalue weighted by Crippen LogP contribution is -1.99. The SMILES string of the molecule is CCCC.COC(=O)c1ccc(O)cc1. The van der Waals surface area contributed by atoms with Crippen LogP contribution in [-0.2, 0) is 4.74 Å². The van der Waals surface area contributed by atoms with E-state index in [9.17, 15) is 4.79 Å². The van der Waals surface area contributed by atoms with Gasteiger partial charge in [0, 0.05) is 0 Å². The number of ether oxygens (including phenoxy) is 1. The Hall–Kier alpha value is -1.51. The topological polar surface area (TPSA) is 46.5 Å². The van der Waals surface area contributed by atoms with E-state index in [-0.39, 0.29) is 5.75 Å². The summed E-state index contributed by atoms with van der Waals surface area (Å²) in [7, 11) is 1.31. The van der Waals surface area contributed by atoms with E-state index in [0.717, 1.165) is 0 Å². The van der Waals surface area contributed by atoms with E-state index >= 15 is 0 Å². The summed E-state index contributed by atoms with van der Waals surface area (Å²) in [5.74, 6) is -0.261. The number of benzene rings is 1. The molecule has 3 nitrogen and oxygen atoms in total. The minimum atomic E-state index is -0.398. The van der Waals surface area contributed by atoms with E-state index in [1.807, 2.05) is 0 Å². The summed E-state index contributed by atoms with van der Waals surface area (Å²) >= 11 is 0. The first kappa shape index (κ1) is 13.5. The van der Waals surface area contributed by atoms with Crippen molar-refractivity contribution in [3.63, 3.8) is 0 Å². The summed E-state index contributed by atoms with van der Waals surface area (Å²) in [6, 6.07) is 5.88. The normalized spacial score (nSPS) is 8.73. The molecule has 0 spiro atoms. The molecule has 0 aliphatic heterocycles. The lowest BCUT2D eigenvalue weighted by molar-refractivity contribution is 0.0600. The van der Waals surface area contributed by atoms with E-state index in [1.165, 1.54) is 44.2 Å². The lowest BCUT2D eigenvalue weighted by atomic mass is 10.2. The zero-order valence-corrected chi connectivity index (χ0v) is 9.49. The number of esters is 1. The fourth-order valence-electron chi connectivity index (χ4n) is 0.715. The van der Waals surface area contributed by atoms with Crippen LogP contribution >= 0.6 is 0 Å². The zero-order chi connectivity index (χ0) is 11.7. The monoisotopic (exact) mass is 210 g/mol. The Morgan fingerprint density at radius 2 is 1.67 bits per heavy atom. The molecule has 0 unspecified atom stereocenters. The molecule has 1 aromatic rings. The number of carbonyl (C=O) groups excluding carboxylic acids is 1. The number of unbranched alkanes of at least 4 members (excludes halogenated alkanes) is 1. The fraction of sp³-hybridized carbons (Fsp3) is 0.417. The molecule has 0 fully saturated rings. The second-order valence-electron chi connectivity index (χ2n) is 3.04. The molecule has 0 amide bonds. The Morgan fingerprint density at radius 1 is 1.20 bits per heavy atom. The van der Waals surface area contributed by atoms with Crippen molar-refractivity contribution in [2.45, 2.75) is 26.7 Å². The molecule has 1 rings (SSSR count). The third-order valence-electron chi connectivity index (χ3n) is 1.79. The molecule has 0 saturated carbocycles. The molecule has 1 aromatic carbocycles. The van der Waals surface area contributed by atoms with Crippen molar-refractivity contribution in [1.82, 2.24) is 0 Å². The molecule has 0 aromatic heterocycles. The second kappa shape index (κ2) is 7.85. The number of phenolic OH excluding ortho intramolecular Hbond substituents is 1. The molecule has 0 saturated heterocycles. The van der Waals surface area contributed by atoms with Gasteiger partial charge in [0.05, 0.1) is 12.7 Å². The summed E-state index contributed by atoms with van der Waals surface area (Å²) in [4.78, 5) is 10.8. The highest BCUT2D eigenvalue weighted by Gasteiger charge is 2.02. The molecule has 3 heteroatoms. The number of hydrogen-bond acceptors (Lipinski definition) is 3. The predicted octanol–water partition coefficient (Wildman–Crippen LogP) is 2.99. The largest absolute Gasteiger partial charge is 0.508 e. The Morgan fingerprint density at radius 3 is 2.00 bits per heavy atom. The summed E-state index contributed by atoms with van der Waals surface area (Å²) < 4.78 is 4.46. The Balaban J connectivity index is 0.000000423. The second-order valence-corrected chi connectivity index (χ2v) is 3.04. The van der Waals surface area contributed by atoms with Gasteiger partial charge in [0.15, 0.2) is 0 Å². The van der Waals surface area contributed by atoms with Crippen molar-refractivity contribution in [2.24, 2.45) is 0 Å². The molecular formula is C12H18O3. The number of rotatable bonds is 2. The van der Waals surface area contributed by atoms with Crippen LogP contribution in [-0.4, -0.2) is 18.2 Å². The van der Waals surface area contributed by atoms with Crippen molar-refractivity contribution in [2.75, 3.05) is 7.11 Å². The molecule has 0 heterocycles. The van der Waals surface area contributed by atoms with E-state index in [1.54, 1.807) is 0 Å². The quantitative estimate of drug-likeness (QED) is 0.763. The van der Waals surface area contributed by atoms with Gasteiger partial charge in [-0.3, -0.25) is 0 Å². The first-order chi connectivity index (χ1) is 7.15. The van der Waals surface area contributed by atoms with Crippen LogP contribution in [0.25, 0.3) is 0 Å². The third-order valence-corrected chi connectivity index (χ3v) is 1.79. The number of carbonyl (C=O) groups is 1. The standard InChI is InChI=1S/C8H8O3.C4H10/c1-11-8(10)6-2-4-7(9)5-3-6;1-3-4-2/h2-5,9H,1H3;3-4H2,1-2H3. The van der Waals surface area contributed by atoms with Gasteiger partial charge in [-0.25, -0.2) is 4.79 Å². The smallest absolute Gasteiger partial charge is 0.337 e. The van der Waals surface area contributed by atoms with Crippen LogP contribution in [0.3, 0.4) is 0 Å². The third kappa shape index (κ3) is 5.73. The Labute approximate surface area is 90.7 Å². The van der Waals surface area contributed by atoms with E-state index in [0.29, 0.717) is 5.56 Å². The van der Waals surface area contributed by atoms with Gasteiger partial charge in [-0.2, -0.15) is 0 Å². The van der Waals surface area contributed by atoms with E-state index in [4.69, 9.17) is 5.11 Å². The van der Waals surface area contributed by atoms with Gasteiger partial charge >= 0.3 is 5.97 Å². The van der Waals surface area contributed by atoms with Crippen LogP contribution in [0.2, 0.25) is 0 Å². The zero-order valence-electron chi connectivity index (χ0n) is 9.49. The van der Waals surface area contributed by atoms with E-state index < -0.39 is 5.97 Å². The predicted molar refractivity (Wildman–Crippen MR) is 60.0 cm³/mol. The molecular weight excluding hydrogens is 192 g/mol. The number of hydrogen-bond donors (Lipinski definition) is 1. The summed E-state index contributed by atoms with van der Waals surface area (Å²) in [5.41, 5.74) is 0.435. The minimum Gasteiger partial charge on any atom is -0.508 e. The average molecular weight is 210 g/mol. The van der Waals surface area contributed by atoms with Gasteiger partial charge in [-0.05, 0) is 24.3 Å². The Kier molecular flexibility index (Phi) is 7.06. The van der Waals surface area contributed by atoms with Crippen molar-refractivity contribution in [3.8, 4) is 5.75 Å². The summed E-state index contributed by atoms with van der Waals surface area (Å²) in [5, 5.41) is 8.86. The number of aromatic hydroxyl groups is 1. The maximum Gasteiger partial charge on any atom is 0.337 e. The minimum absolute atomic E-state index is 0.137. The number of phenols is 1. The van der Waals surface area contributed by atoms with Gasteiger partial charge in [-0.1, -0.05) is 26.7 Å². The Bertz CT molecular complexity index is 275. The van der Waals surface area contributed by atoms with Crippen molar-refractivity contribution in [3.05, 3.63) is 29.8 Å². The molecule has 0 aliphatic carbocycles. The van der Waals surface area contributed by atoms with Crippen LogP contribution in [0.1, 0.15) is 37.0 Å². The highest BCUT2D eigenvalue weighted by atomic mass is 16.5. The summed E-state index contributed by atoms with van der Waals surface area (Å²) in [6.07, 6.45) is 2.64. The molecule has 84 valence electrons. The molecule has 0 bridgehead atoms. The average Bonchev–Trinajstić information content (AvgIpc) is 2.29. The van der Waals surface area contributed by atoms with Crippen LogP contribution in [0.5, 0.6) is 5.75 Å². The first-order valence-corrected chi connectivity index (χ1v) is 5.03. The van der Waals surface area contributed by atoms with Crippen molar-refractivity contribution < 1.29 is 14.6 Å². The van der Waals surface area contributed by atoms with Crippen LogP contribution in [0.4, 0.5) is 0 Å².